The number of methoxy groups -OCH3 is 2. The molecule has 0 saturated carbocycles. The first kappa shape index (κ1) is 16.0. The Kier molecular flexibility index (Phi) is 5.35. The predicted octanol–water partition coefficient (Wildman–Crippen LogP) is 1.93. The first-order valence-electron chi connectivity index (χ1n) is 5.47. The molecule has 0 aliphatic heterocycles. The van der Waals surface area contributed by atoms with Crippen molar-refractivity contribution in [3.05, 3.63) is 23.8 Å². The van der Waals surface area contributed by atoms with E-state index < -0.39 is 18.3 Å². The molecule has 5 nitrogen and oxygen atoms in total. The summed E-state index contributed by atoms with van der Waals surface area (Å²) in [6, 6.07) is 4.72. The second-order valence-electron chi connectivity index (χ2n) is 4.18. The van der Waals surface area contributed by atoms with Gasteiger partial charge in [0.2, 0.25) is 0 Å². The van der Waals surface area contributed by atoms with E-state index >= 15 is 0 Å². The maximum absolute atomic E-state index is 11.3. The Morgan fingerprint density at radius 3 is 2.42 bits per heavy atom. The molecule has 1 aromatic carbocycles. The van der Waals surface area contributed by atoms with Crippen LogP contribution in [0.4, 0.5) is 0 Å². The molecule has 1 N–H and O–H groups in total. The van der Waals surface area contributed by atoms with Crippen LogP contribution in [-0.2, 0) is 21.3 Å². The zero-order valence-corrected chi connectivity index (χ0v) is 13.0. The molecule has 0 aliphatic carbocycles. The molecule has 0 fully saturated rings. The molecule has 0 radical (unpaired) electrons. The molecular formula is C12H17O5PS. The third-order valence-electron chi connectivity index (χ3n) is 2.25. The van der Waals surface area contributed by atoms with Crippen LogP contribution in [0.3, 0.4) is 0 Å². The van der Waals surface area contributed by atoms with Crippen LogP contribution in [-0.4, -0.2) is 38.6 Å². The van der Waals surface area contributed by atoms with E-state index in [0.29, 0.717) is 17.1 Å². The number of ether oxygens (including phenoxy) is 2. The average molecular weight is 304 g/mol. The number of benzene rings is 1. The fourth-order valence-electron chi connectivity index (χ4n) is 1.41. The number of aliphatic hydroxyl groups is 1. The zero-order chi connectivity index (χ0) is 14.6. The summed E-state index contributed by atoms with van der Waals surface area (Å²) in [7, 11) is 2.69. The van der Waals surface area contributed by atoms with Gasteiger partial charge in [-0.05, 0) is 31.0 Å². The summed E-state index contributed by atoms with van der Waals surface area (Å²) in [6.45, 7) is 3.69. The van der Waals surface area contributed by atoms with E-state index in [1.807, 2.05) is 13.3 Å². The summed E-state index contributed by atoms with van der Waals surface area (Å²) in [5.41, 5.74) is 0.372. The minimum absolute atomic E-state index is 0.372. The Hall–Kier alpha value is -1.10. The monoisotopic (exact) mass is 304 g/mol. The number of carbonyl (C=O) groups excluding carboxylic acids is 1. The third-order valence-corrected chi connectivity index (χ3v) is 3.11. The predicted molar refractivity (Wildman–Crippen MR) is 76.7 cm³/mol. The van der Waals surface area contributed by atoms with Crippen LogP contribution in [0, 0.1) is 0 Å². The van der Waals surface area contributed by atoms with Gasteiger partial charge in [0.1, 0.15) is 6.26 Å². The molecule has 106 valence electrons. The van der Waals surface area contributed by atoms with Gasteiger partial charge < -0.3 is 19.1 Å². The van der Waals surface area contributed by atoms with Crippen LogP contribution in [0.25, 0.3) is 0 Å². The van der Waals surface area contributed by atoms with Crippen molar-refractivity contribution in [1.29, 1.82) is 0 Å². The maximum Gasteiger partial charge on any atom is 0.339 e. The molecule has 1 unspecified atom stereocenters. The van der Waals surface area contributed by atoms with E-state index in [1.165, 1.54) is 20.3 Å². The molecule has 0 amide bonds. The van der Waals surface area contributed by atoms with Gasteiger partial charge in [-0.15, -0.1) is 0 Å². The van der Waals surface area contributed by atoms with Gasteiger partial charge in [0.15, 0.2) is 17.6 Å². The lowest BCUT2D eigenvalue weighted by molar-refractivity contribution is -0.150. The largest absolute Gasteiger partial charge is 0.493 e. The molecule has 0 aromatic heterocycles. The third kappa shape index (κ3) is 4.49. The van der Waals surface area contributed by atoms with E-state index in [0.717, 1.165) is 0 Å². The maximum atomic E-state index is 11.3. The highest BCUT2D eigenvalue weighted by molar-refractivity contribution is 8.11. The molecule has 0 aliphatic rings. The first-order valence-corrected chi connectivity index (χ1v) is 9.08. The van der Waals surface area contributed by atoms with Crippen LogP contribution >= 0.6 is 6.26 Å². The number of esters is 1. The molecule has 0 heterocycles. The number of hydrogen-bond donors (Lipinski definition) is 1. The van der Waals surface area contributed by atoms with Crippen LogP contribution in [0.1, 0.15) is 11.7 Å². The highest BCUT2D eigenvalue weighted by Gasteiger charge is 2.20. The van der Waals surface area contributed by atoms with Crippen molar-refractivity contribution in [1.82, 2.24) is 0 Å². The van der Waals surface area contributed by atoms with Crippen molar-refractivity contribution in [3.8, 4) is 11.5 Å². The van der Waals surface area contributed by atoms with E-state index in [-0.39, 0.29) is 0 Å². The Bertz CT molecular complexity index is 511. The minimum Gasteiger partial charge on any atom is -0.493 e. The second-order valence-corrected chi connectivity index (χ2v) is 9.50. The standard InChI is InChI=1S/C12H17O5PS/c1-15-10-7-8(11(13)12(14)16-2)5-6-9(10)17-18(3,4)19/h5-7,11,13H,1-4H3. The number of rotatable bonds is 5. The first-order chi connectivity index (χ1) is 8.78. The van der Waals surface area contributed by atoms with Crippen molar-refractivity contribution >= 4 is 24.0 Å². The summed E-state index contributed by atoms with van der Waals surface area (Å²) in [4.78, 5) is 11.3. The normalized spacial score (nSPS) is 12.7. The van der Waals surface area contributed by atoms with Crippen LogP contribution in [0.15, 0.2) is 18.2 Å². The average Bonchev–Trinajstić information content (AvgIpc) is 2.35. The van der Waals surface area contributed by atoms with Gasteiger partial charge in [0.05, 0.1) is 14.2 Å². The Morgan fingerprint density at radius 1 is 1.32 bits per heavy atom. The van der Waals surface area contributed by atoms with Crippen LogP contribution in [0.2, 0.25) is 0 Å². The molecule has 1 atom stereocenters. The lowest BCUT2D eigenvalue weighted by atomic mass is 10.1. The highest BCUT2D eigenvalue weighted by Crippen LogP contribution is 2.43. The molecule has 1 rings (SSSR count). The molecule has 1 aromatic rings. The van der Waals surface area contributed by atoms with E-state index in [2.05, 4.69) is 4.74 Å². The van der Waals surface area contributed by atoms with Crippen molar-refractivity contribution in [2.75, 3.05) is 27.5 Å². The highest BCUT2D eigenvalue weighted by atomic mass is 32.4. The Balaban J connectivity index is 3.09. The van der Waals surface area contributed by atoms with Gasteiger partial charge in [0, 0.05) is 0 Å². The smallest absolute Gasteiger partial charge is 0.339 e. The SMILES string of the molecule is COC(=O)C(O)c1ccc(OP(C)(C)=S)c(OC)c1. The summed E-state index contributed by atoms with van der Waals surface area (Å²) < 4.78 is 15.3. The number of carbonyl (C=O) groups is 1. The van der Waals surface area contributed by atoms with E-state index in [4.69, 9.17) is 21.1 Å². The molecule has 19 heavy (non-hydrogen) atoms. The van der Waals surface area contributed by atoms with E-state index in [1.54, 1.807) is 12.1 Å². The fourth-order valence-corrected chi connectivity index (χ4v) is 2.28. The quantitative estimate of drug-likeness (QED) is 0.662. The minimum atomic E-state index is -1.89. The van der Waals surface area contributed by atoms with Gasteiger partial charge in [-0.25, -0.2) is 4.79 Å². The van der Waals surface area contributed by atoms with Crippen LogP contribution < -0.4 is 9.26 Å². The number of hydrogen-bond acceptors (Lipinski definition) is 6. The lowest BCUT2D eigenvalue weighted by Crippen LogP contribution is -2.13. The Morgan fingerprint density at radius 2 is 1.95 bits per heavy atom. The second kappa shape index (κ2) is 6.37. The molecular weight excluding hydrogens is 287 g/mol. The lowest BCUT2D eigenvalue weighted by Gasteiger charge is -2.17. The van der Waals surface area contributed by atoms with Crippen molar-refractivity contribution in [3.63, 3.8) is 0 Å². The Labute approximate surface area is 117 Å². The van der Waals surface area contributed by atoms with Gasteiger partial charge in [-0.1, -0.05) is 17.9 Å². The zero-order valence-electron chi connectivity index (χ0n) is 11.2. The summed E-state index contributed by atoms with van der Waals surface area (Å²) in [6.07, 6.45) is -3.24. The molecule has 0 spiro atoms. The molecule has 0 saturated heterocycles. The summed E-state index contributed by atoms with van der Waals surface area (Å²) in [5.74, 6) is 0.182. The van der Waals surface area contributed by atoms with Gasteiger partial charge in [0.25, 0.3) is 0 Å². The van der Waals surface area contributed by atoms with Gasteiger partial charge in [-0.3, -0.25) is 0 Å². The van der Waals surface area contributed by atoms with Crippen molar-refractivity contribution in [2.24, 2.45) is 0 Å². The molecule has 7 heteroatoms. The number of aliphatic hydroxyl groups excluding tert-OH is 1. The topological polar surface area (TPSA) is 65.0 Å². The van der Waals surface area contributed by atoms with Gasteiger partial charge >= 0.3 is 5.97 Å². The summed E-state index contributed by atoms with van der Waals surface area (Å²) in [5, 5.41) is 9.75. The molecule has 0 bridgehead atoms. The van der Waals surface area contributed by atoms with Crippen molar-refractivity contribution < 1.29 is 23.9 Å². The van der Waals surface area contributed by atoms with E-state index in [9.17, 15) is 9.90 Å². The van der Waals surface area contributed by atoms with Crippen molar-refractivity contribution in [2.45, 2.75) is 6.10 Å². The fraction of sp³-hybridized carbons (Fsp3) is 0.417. The van der Waals surface area contributed by atoms with Gasteiger partial charge in [-0.2, -0.15) is 0 Å². The summed E-state index contributed by atoms with van der Waals surface area (Å²) >= 11 is 5.23. The van der Waals surface area contributed by atoms with Crippen LogP contribution in [0.5, 0.6) is 11.5 Å².